The molecule has 0 heterocycles. The van der Waals surface area contributed by atoms with Gasteiger partial charge in [-0.2, -0.15) is 0 Å². The lowest BCUT2D eigenvalue weighted by Gasteiger charge is -2.22. The fraction of sp³-hybridized carbons (Fsp3) is 0.235. The van der Waals surface area contributed by atoms with Gasteiger partial charge >= 0.3 is 0 Å². The van der Waals surface area contributed by atoms with E-state index in [2.05, 4.69) is 5.32 Å². The van der Waals surface area contributed by atoms with Crippen molar-refractivity contribution in [3.63, 3.8) is 0 Å². The maximum absolute atomic E-state index is 13.9. The highest BCUT2D eigenvalue weighted by Crippen LogP contribution is 2.22. The van der Waals surface area contributed by atoms with Gasteiger partial charge in [-0.15, -0.1) is 0 Å². The minimum atomic E-state index is -3.77. The lowest BCUT2D eigenvalue weighted by Crippen LogP contribution is -2.32. The van der Waals surface area contributed by atoms with Crippen molar-refractivity contribution >= 4 is 27.3 Å². The quantitative estimate of drug-likeness (QED) is 0.794. The van der Waals surface area contributed by atoms with Crippen LogP contribution < -0.4 is 9.62 Å². The van der Waals surface area contributed by atoms with Crippen LogP contribution in [-0.2, 0) is 14.8 Å². The first-order valence-electron chi connectivity index (χ1n) is 7.66. The van der Waals surface area contributed by atoms with Gasteiger partial charge < -0.3 is 5.32 Å². The minimum absolute atomic E-state index is 0.0311. The van der Waals surface area contributed by atoms with Crippen LogP contribution in [0.4, 0.5) is 24.5 Å². The Morgan fingerprint density at radius 3 is 2.15 bits per heavy atom. The van der Waals surface area contributed by atoms with Gasteiger partial charge in [0.05, 0.1) is 11.9 Å². The largest absolute Gasteiger partial charge is 0.321 e. The van der Waals surface area contributed by atoms with Crippen molar-refractivity contribution in [2.45, 2.75) is 12.8 Å². The van der Waals surface area contributed by atoms with Crippen LogP contribution in [0.1, 0.15) is 12.8 Å². The average molecular weight is 386 g/mol. The molecule has 0 saturated heterocycles. The lowest BCUT2D eigenvalue weighted by atomic mass is 10.2. The van der Waals surface area contributed by atoms with Crippen molar-refractivity contribution in [2.75, 3.05) is 22.4 Å². The fourth-order valence-electron chi connectivity index (χ4n) is 2.32. The predicted molar refractivity (Wildman–Crippen MR) is 92.8 cm³/mol. The Labute approximate surface area is 149 Å². The summed E-state index contributed by atoms with van der Waals surface area (Å²) in [7, 11) is -3.77. The number of para-hydroxylation sites is 2. The van der Waals surface area contributed by atoms with Crippen molar-refractivity contribution in [3.05, 3.63) is 59.9 Å². The molecule has 0 aliphatic rings. The Kier molecular flexibility index (Phi) is 6.25. The molecule has 0 aliphatic heterocycles. The summed E-state index contributed by atoms with van der Waals surface area (Å²) in [6, 6.07) is 8.52. The second-order valence-corrected chi connectivity index (χ2v) is 7.44. The van der Waals surface area contributed by atoms with E-state index < -0.39 is 39.1 Å². The summed E-state index contributed by atoms with van der Waals surface area (Å²) in [5, 5.41) is 2.11. The molecular weight excluding hydrogens is 369 g/mol. The number of anilines is 2. The van der Waals surface area contributed by atoms with Gasteiger partial charge in [-0.25, -0.2) is 21.6 Å². The standard InChI is InChI=1S/C17H17F3N2O3S/c1-26(24,25)22(15-9-3-2-6-12(15)18)11-5-10-16(23)21-17-13(19)7-4-8-14(17)20/h2-4,6-9H,5,10-11H2,1H3,(H,21,23). The number of hydrogen-bond donors (Lipinski definition) is 1. The molecule has 0 saturated carbocycles. The molecule has 140 valence electrons. The SMILES string of the molecule is CS(=O)(=O)N(CCCC(=O)Nc1c(F)cccc1F)c1ccccc1F. The van der Waals surface area contributed by atoms with Crippen molar-refractivity contribution < 1.29 is 26.4 Å². The molecule has 1 amide bonds. The van der Waals surface area contributed by atoms with Crippen LogP contribution in [0.25, 0.3) is 0 Å². The predicted octanol–water partition coefficient (Wildman–Crippen LogP) is 3.29. The molecule has 0 atom stereocenters. The van der Waals surface area contributed by atoms with E-state index in [1.807, 2.05) is 0 Å². The van der Waals surface area contributed by atoms with Crippen LogP contribution in [-0.4, -0.2) is 27.1 Å². The topological polar surface area (TPSA) is 66.5 Å². The summed E-state index contributed by atoms with van der Waals surface area (Å²) in [4.78, 5) is 11.9. The van der Waals surface area contributed by atoms with Gasteiger partial charge in [-0.3, -0.25) is 9.10 Å². The van der Waals surface area contributed by atoms with Crippen LogP contribution in [0.2, 0.25) is 0 Å². The summed E-state index contributed by atoms with van der Waals surface area (Å²) in [5.41, 5.74) is -0.692. The highest BCUT2D eigenvalue weighted by atomic mass is 32.2. The second kappa shape index (κ2) is 8.22. The van der Waals surface area contributed by atoms with E-state index in [0.29, 0.717) is 0 Å². The molecule has 0 unspecified atom stereocenters. The summed E-state index contributed by atoms with van der Waals surface area (Å²) in [5.74, 6) is -3.23. The third kappa shape index (κ3) is 4.98. The molecule has 0 aromatic heterocycles. The summed E-state index contributed by atoms with van der Waals surface area (Å²) >= 11 is 0. The molecule has 2 aromatic rings. The molecule has 9 heteroatoms. The van der Waals surface area contributed by atoms with E-state index >= 15 is 0 Å². The zero-order chi connectivity index (χ0) is 19.3. The number of benzene rings is 2. The number of rotatable bonds is 7. The number of hydrogen-bond acceptors (Lipinski definition) is 3. The van der Waals surface area contributed by atoms with Gasteiger partial charge in [0.2, 0.25) is 15.9 Å². The highest BCUT2D eigenvalue weighted by molar-refractivity contribution is 7.92. The van der Waals surface area contributed by atoms with E-state index in [1.165, 1.54) is 24.3 Å². The number of amides is 1. The number of sulfonamides is 1. The van der Waals surface area contributed by atoms with Crippen LogP contribution in [0.3, 0.4) is 0 Å². The molecule has 0 bridgehead atoms. The van der Waals surface area contributed by atoms with E-state index in [-0.39, 0.29) is 25.1 Å². The van der Waals surface area contributed by atoms with Crippen LogP contribution in [0, 0.1) is 17.5 Å². The second-order valence-electron chi connectivity index (χ2n) is 5.53. The number of halogens is 3. The number of carbonyl (C=O) groups is 1. The number of nitrogens with zero attached hydrogens (tertiary/aromatic N) is 1. The van der Waals surface area contributed by atoms with E-state index in [1.54, 1.807) is 0 Å². The zero-order valence-electron chi connectivity index (χ0n) is 13.9. The first-order chi connectivity index (χ1) is 12.2. The Morgan fingerprint density at radius 1 is 1.00 bits per heavy atom. The van der Waals surface area contributed by atoms with Crippen molar-refractivity contribution in [3.8, 4) is 0 Å². The van der Waals surface area contributed by atoms with E-state index in [4.69, 9.17) is 0 Å². The van der Waals surface area contributed by atoms with Gasteiger partial charge in [-0.1, -0.05) is 18.2 Å². The molecule has 0 radical (unpaired) electrons. The molecule has 0 spiro atoms. The molecule has 26 heavy (non-hydrogen) atoms. The van der Waals surface area contributed by atoms with Crippen molar-refractivity contribution in [1.82, 2.24) is 0 Å². The maximum Gasteiger partial charge on any atom is 0.232 e. The highest BCUT2D eigenvalue weighted by Gasteiger charge is 2.20. The maximum atomic E-state index is 13.9. The van der Waals surface area contributed by atoms with Crippen molar-refractivity contribution in [1.29, 1.82) is 0 Å². The number of carbonyl (C=O) groups excluding carboxylic acids is 1. The van der Waals surface area contributed by atoms with Gasteiger partial charge in [-0.05, 0) is 30.7 Å². The summed E-state index contributed by atoms with van der Waals surface area (Å²) in [6.45, 7) is -0.160. The van der Waals surface area contributed by atoms with Gasteiger partial charge in [0.25, 0.3) is 0 Å². The van der Waals surface area contributed by atoms with Gasteiger partial charge in [0.15, 0.2) is 0 Å². The third-order valence-electron chi connectivity index (χ3n) is 3.51. The molecule has 2 rings (SSSR count). The molecule has 2 aromatic carbocycles. The van der Waals surface area contributed by atoms with E-state index in [0.717, 1.165) is 28.8 Å². The average Bonchev–Trinajstić information content (AvgIpc) is 2.55. The summed E-state index contributed by atoms with van der Waals surface area (Å²) < 4.78 is 65.5. The van der Waals surface area contributed by atoms with Crippen molar-refractivity contribution in [2.24, 2.45) is 0 Å². The first kappa shape index (κ1) is 19.8. The van der Waals surface area contributed by atoms with Crippen LogP contribution in [0.5, 0.6) is 0 Å². The lowest BCUT2D eigenvalue weighted by molar-refractivity contribution is -0.116. The minimum Gasteiger partial charge on any atom is -0.321 e. The first-order valence-corrected chi connectivity index (χ1v) is 9.51. The third-order valence-corrected chi connectivity index (χ3v) is 4.69. The Balaban J connectivity index is 2.02. The van der Waals surface area contributed by atoms with E-state index in [9.17, 15) is 26.4 Å². The van der Waals surface area contributed by atoms with Crippen LogP contribution >= 0.6 is 0 Å². The molecule has 0 aliphatic carbocycles. The smallest absolute Gasteiger partial charge is 0.232 e. The monoisotopic (exact) mass is 386 g/mol. The summed E-state index contributed by atoms with van der Waals surface area (Å²) in [6.07, 6.45) is 0.756. The van der Waals surface area contributed by atoms with Gasteiger partial charge in [0.1, 0.15) is 23.1 Å². The van der Waals surface area contributed by atoms with Gasteiger partial charge in [0, 0.05) is 13.0 Å². The Morgan fingerprint density at radius 2 is 1.58 bits per heavy atom. The molecule has 1 N–H and O–H groups in total. The Bertz CT molecular complexity index is 884. The normalized spacial score (nSPS) is 11.2. The molecule has 5 nitrogen and oxygen atoms in total. The molecular formula is C17H17F3N2O3S. The Hall–Kier alpha value is -2.55. The molecule has 0 fully saturated rings. The zero-order valence-corrected chi connectivity index (χ0v) is 14.7. The fourth-order valence-corrected chi connectivity index (χ4v) is 3.29. The van der Waals surface area contributed by atoms with Crippen LogP contribution in [0.15, 0.2) is 42.5 Å². The number of nitrogens with one attached hydrogen (secondary N) is 1.